The molecule has 4 nitrogen and oxygen atoms in total. The maximum atomic E-state index is 10.3. The number of benzene rings is 1. The van der Waals surface area contributed by atoms with Gasteiger partial charge in [-0.15, -0.1) is 0 Å². The van der Waals surface area contributed by atoms with E-state index in [-0.39, 0.29) is 26.1 Å². The third-order valence-electron chi connectivity index (χ3n) is 3.96. The van der Waals surface area contributed by atoms with Gasteiger partial charge < -0.3 is 23.1 Å². The molecule has 0 N–H and O–H groups in total. The third-order valence-corrected chi connectivity index (χ3v) is 3.96. The second-order valence-electron chi connectivity index (χ2n) is 6.00. The fraction of sp³-hybridized carbons (Fsp3) is 0.600. The largest absolute Gasteiger partial charge is 0.494 e. The summed E-state index contributed by atoms with van der Waals surface area (Å²) in [5, 5.41) is 0. The lowest BCUT2D eigenvalue weighted by Crippen LogP contribution is -2.41. The molecule has 1 aliphatic rings. The maximum Gasteiger partial charge on any atom is 0.494 e. The maximum absolute atomic E-state index is 10.3. The Labute approximate surface area is 140 Å². The van der Waals surface area contributed by atoms with Crippen molar-refractivity contribution >= 4 is 27.8 Å². The molecule has 0 aliphatic carbocycles. The van der Waals surface area contributed by atoms with Crippen molar-refractivity contribution < 1.29 is 23.1 Å². The number of halogens is 1. The van der Waals surface area contributed by atoms with E-state index < -0.39 is 0 Å². The SMILES string of the molecule is COCCOc1ccc(B2OC(C)(C)C(C)(C)O2)cc1.[BH3-][B]F. The zero-order valence-corrected chi connectivity index (χ0v) is 13.9. The molecule has 0 unspecified atom stereocenters. The van der Waals surface area contributed by atoms with Crippen LogP contribution >= 0.6 is 0 Å². The van der Waals surface area contributed by atoms with Crippen LogP contribution in [0.15, 0.2) is 24.3 Å². The Kier molecular flexibility index (Phi) is 7.64. The molecule has 127 valence electrons. The topological polar surface area (TPSA) is 36.9 Å². The summed E-state index contributed by atoms with van der Waals surface area (Å²) >= 11 is 0. The van der Waals surface area contributed by atoms with Crippen LogP contribution in [0.1, 0.15) is 27.7 Å². The van der Waals surface area contributed by atoms with Gasteiger partial charge in [0, 0.05) is 7.11 Å². The van der Waals surface area contributed by atoms with Gasteiger partial charge in [0.2, 0.25) is 0 Å². The minimum Gasteiger partial charge on any atom is -0.491 e. The van der Waals surface area contributed by atoms with Crippen molar-refractivity contribution in [1.29, 1.82) is 0 Å². The molecule has 1 aromatic carbocycles. The zero-order chi connectivity index (χ0) is 17.5. The molecule has 1 saturated heterocycles. The van der Waals surface area contributed by atoms with Crippen LogP contribution in [0, 0.1) is 0 Å². The first kappa shape index (κ1) is 20.1. The van der Waals surface area contributed by atoms with E-state index in [1.807, 2.05) is 24.3 Å². The Balaban J connectivity index is 0.000000816. The fourth-order valence-electron chi connectivity index (χ4n) is 1.94. The predicted molar refractivity (Wildman–Crippen MR) is 96.3 cm³/mol. The standard InChI is InChI=1S/C15H23BO4.B2FH3/c1-14(2)15(3,4)20-16(19-14)12-6-8-13(9-7-12)18-11-10-17-5;1-2-3/h6-9H,10-11H2,1-5H3;1H3/q;-1. The Hall–Kier alpha value is -0.975. The highest BCUT2D eigenvalue weighted by atomic mass is 19.1. The molecule has 0 saturated carbocycles. The summed E-state index contributed by atoms with van der Waals surface area (Å²) in [6.45, 7) is 9.33. The van der Waals surface area contributed by atoms with E-state index in [2.05, 4.69) is 27.7 Å². The summed E-state index contributed by atoms with van der Waals surface area (Å²) in [5.74, 6) is 0.822. The molecule has 8 heteroatoms. The van der Waals surface area contributed by atoms with E-state index in [1.165, 1.54) is 0 Å². The number of ether oxygens (including phenoxy) is 2. The average molecular weight is 322 g/mol. The van der Waals surface area contributed by atoms with Crippen molar-refractivity contribution in [3.63, 3.8) is 0 Å². The lowest BCUT2D eigenvalue weighted by molar-refractivity contribution is 0.00578. The number of rotatable bonds is 5. The molecular weight excluding hydrogens is 296 g/mol. The van der Waals surface area contributed by atoms with Gasteiger partial charge in [-0.05, 0) is 53.0 Å². The van der Waals surface area contributed by atoms with Gasteiger partial charge in [-0.25, -0.2) is 0 Å². The molecule has 1 fully saturated rings. The Morgan fingerprint density at radius 1 is 1.09 bits per heavy atom. The van der Waals surface area contributed by atoms with Crippen LogP contribution in [-0.4, -0.2) is 53.8 Å². The normalized spacial score (nSPS) is 18.1. The minimum atomic E-state index is -0.326. The van der Waals surface area contributed by atoms with Crippen LogP contribution in [0.4, 0.5) is 4.32 Å². The zero-order valence-electron chi connectivity index (χ0n) is 13.9. The van der Waals surface area contributed by atoms with E-state index >= 15 is 0 Å². The van der Waals surface area contributed by atoms with Crippen LogP contribution < -0.4 is 10.2 Å². The van der Waals surface area contributed by atoms with E-state index in [4.69, 9.17) is 18.8 Å². The molecule has 0 atom stereocenters. The lowest BCUT2D eigenvalue weighted by Gasteiger charge is -2.32. The number of methoxy groups -OCH3 is 1. The summed E-state index contributed by atoms with van der Waals surface area (Å²) in [6, 6.07) is 7.81. The molecule has 0 amide bonds. The van der Waals surface area contributed by atoms with Gasteiger partial charge in [0.05, 0.1) is 17.8 Å². The summed E-state index contributed by atoms with van der Waals surface area (Å²) in [6.07, 6.45) is 0. The number of hydrogen-bond donors (Lipinski definition) is 0. The molecular formula is C15H26B3FO4-. The first-order valence-corrected chi connectivity index (χ1v) is 7.15. The fourth-order valence-corrected chi connectivity index (χ4v) is 1.94. The summed E-state index contributed by atoms with van der Waals surface area (Å²) in [5.41, 5.74) is 0.374. The van der Waals surface area contributed by atoms with E-state index in [1.54, 1.807) is 7.11 Å². The summed E-state index contributed by atoms with van der Waals surface area (Å²) in [4.78, 5) is 0. The van der Waals surface area contributed by atoms with Crippen LogP contribution in [-0.2, 0) is 14.0 Å². The highest BCUT2D eigenvalue weighted by Gasteiger charge is 2.51. The van der Waals surface area contributed by atoms with Crippen molar-refractivity contribution in [1.82, 2.24) is 0 Å². The smallest absolute Gasteiger partial charge is 0.491 e. The first-order chi connectivity index (χ1) is 10.8. The third kappa shape index (κ3) is 5.55. The molecule has 1 heterocycles. The van der Waals surface area contributed by atoms with Gasteiger partial charge in [0.15, 0.2) is 0 Å². The first-order valence-electron chi connectivity index (χ1n) is 7.15. The van der Waals surface area contributed by atoms with Crippen molar-refractivity contribution in [2.75, 3.05) is 20.3 Å². The molecule has 0 spiro atoms. The molecule has 1 aliphatic heterocycles. The Morgan fingerprint density at radius 3 is 2.00 bits per heavy atom. The highest BCUT2D eigenvalue weighted by molar-refractivity contribution is 6.85. The molecule has 0 aromatic heterocycles. The van der Waals surface area contributed by atoms with Gasteiger partial charge in [0.1, 0.15) is 19.8 Å². The second kappa shape index (κ2) is 8.76. The van der Waals surface area contributed by atoms with Crippen molar-refractivity contribution in [3.05, 3.63) is 24.3 Å². The van der Waals surface area contributed by atoms with Crippen LogP contribution in [0.25, 0.3) is 0 Å². The van der Waals surface area contributed by atoms with E-state index in [9.17, 15) is 4.32 Å². The molecule has 1 radical (unpaired) electrons. The summed E-state index contributed by atoms with van der Waals surface area (Å²) in [7, 11) is 2.05. The quantitative estimate of drug-likeness (QED) is 0.595. The molecule has 1 aromatic rings. The molecule has 0 bridgehead atoms. The highest BCUT2D eigenvalue weighted by Crippen LogP contribution is 2.36. The molecule has 2 rings (SSSR count). The van der Waals surface area contributed by atoms with Crippen molar-refractivity contribution in [3.8, 4) is 5.75 Å². The Bertz CT molecular complexity index is 452. The lowest BCUT2D eigenvalue weighted by atomic mass is 9.76. The minimum absolute atomic E-state index is 0.0278. The summed E-state index contributed by atoms with van der Waals surface area (Å²) < 4.78 is 32.8. The van der Waals surface area contributed by atoms with Gasteiger partial charge in [-0.1, -0.05) is 12.1 Å². The van der Waals surface area contributed by atoms with Crippen molar-refractivity contribution in [2.45, 2.75) is 38.9 Å². The van der Waals surface area contributed by atoms with Crippen LogP contribution in [0.5, 0.6) is 5.75 Å². The van der Waals surface area contributed by atoms with E-state index in [0.717, 1.165) is 18.7 Å². The monoisotopic (exact) mass is 322 g/mol. The van der Waals surface area contributed by atoms with E-state index in [0.29, 0.717) is 13.2 Å². The van der Waals surface area contributed by atoms with Gasteiger partial charge >= 0.3 is 7.12 Å². The van der Waals surface area contributed by atoms with Crippen molar-refractivity contribution in [2.24, 2.45) is 0 Å². The van der Waals surface area contributed by atoms with Gasteiger partial charge in [0.25, 0.3) is 0 Å². The second-order valence-corrected chi connectivity index (χ2v) is 6.00. The number of hydrogen-bond acceptors (Lipinski definition) is 4. The average Bonchev–Trinajstić information content (AvgIpc) is 2.69. The molecule has 23 heavy (non-hydrogen) atoms. The predicted octanol–water partition coefficient (Wildman–Crippen LogP) is 0.867. The Morgan fingerprint density at radius 2 is 1.57 bits per heavy atom. The van der Waals surface area contributed by atoms with Gasteiger partial charge in [-0.3, -0.25) is 0 Å². The van der Waals surface area contributed by atoms with Crippen LogP contribution in [0.2, 0.25) is 0 Å². The van der Waals surface area contributed by atoms with Gasteiger partial charge in [-0.2, -0.15) is 0 Å². The van der Waals surface area contributed by atoms with Crippen LogP contribution in [0.3, 0.4) is 0 Å².